The zero-order valence-electron chi connectivity index (χ0n) is 13.8. The van der Waals surface area contributed by atoms with Gasteiger partial charge in [-0.3, -0.25) is 9.35 Å². The normalized spacial score (nSPS) is 21.5. The molecule has 2 unspecified atom stereocenters. The number of nitrogens with zero attached hydrogens (tertiary/aromatic N) is 2. The standard InChI is InChI=1S/C16H19N3O5S/c1-11-8-19(9-12(2)24-11)10-13(7-17)16(20)18-14-3-5-15(6-4-14)25(21,22)23/h3-6,10-12H,8-9H2,1-2H3,(H,18,20)(H,21,22,23)/b13-10-. The Hall–Kier alpha value is -2.41. The van der Waals surface area contributed by atoms with E-state index in [0.29, 0.717) is 18.8 Å². The first kappa shape index (κ1) is 18.9. The van der Waals surface area contributed by atoms with E-state index in [1.807, 2.05) is 24.8 Å². The SMILES string of the molecule is CC1CN(/C=C(/C#N)C(=O)Nc2ccc(S(=O)(=O)O)cc2)CC(C)O1. The van der Waals surface area contributed by atoms with Crippen molar-refractivity contribution in [1.29, 1.82) is 5.26 Å². The Bertz CT molecular complexity index is 801. The summed E-state index contributed by atoms with van der Waals surface area (Å²) in [4.78, 5) is 13.8. The summed E-state index contributed by atoms with van der Waals surface area (Å²) in [7, 11) is -4.29. The zero-order valence-corrected chi connectivity index (χ0v) is 14.7. The topological polar surface area (TPSA) is 120 Å². The molecule has 8 nitrogen and oxygen atoms in total. The monoisotopic (exact) mass is 365 g/mol. The highest BCUT2D eigenvalue weighted by atomic mass is 32.2. The molecule has 1 saturated heterocycles. The molecule has 0 bridgehead atoms. The molecule has 2 atom stereocenters. The van der Waals surface area contributed by atoms with Crippen LogP contribution in [-0.2, 0) is 19.6 Å². The Morgan fingerprint density at radius 2 is 1.88 bits per heavy atom. The Morgan fingerprint density at radius 1 is 1.32 bits per heavy atom. The lowest BCUT2D eigenvalue weighted by atomic mass is 10.2. The maximum absolute atomic E-state index is 12.2. The fourth-order valence-corrected chi connectivity index (χ4v) is 3.03. The van der Waals surface area contributed by atoms with Crippen molar-refractivity contribution >= 4 is 21.7 Å². The van der Waals surface area contributed by atoms with E-state index in [0.717, 1.165) is 12.1 Å². The molecule has 0 spiro atoms. The van der Waals surface area contributed by atoms with E-state index in [4.69, 9.17) is 9.29 Å². The fourth-order valence-electron chi connectivity index (χ4n) is 2.55. The van der Waals surface area contributed by atoms with Crippen LogP contribution in [0.4, 0.5) is 5.69 Å². The van der Waals surface area contributed by atoms with E-state index in [2.05, 4.69) is 5.32 Å². The number of carbonyl (C=O) groups excluding carboxylic acids is 1. The number of hydrogen-bond acceptors (Lipinski definition) is 6. The van der Waals surface area contributed by atoms with Crippen LogP contribution in [0.5, 0.6) is 0 Å². The molecule has 2 rings (SSSR count). The first-order valence-corrected chi connectivity index (χ1v) is 9.03. The van der Waals surface area contributed by atoms with Crippen LogP contribution in [0, 0.1) is 11.3 Å². The van der Waals surface area contributed by atoms with E-state index in [-0.39, 0.29) is 22.7 Å². The third-order valence-corrected chi connectivity index (χ3v) is 4.40. The second-order valence-corrected chi connectivity index (χ2v) is 7.24. The molecule has 1 heterocycles. The molecule has 25 heavy (non-hydrogen) atoms. The molecule has 134 valence electrons. The smallest absolute Gasteiger partial charge is 0.294 e. The van der Waals surface area contributed by atoms with Gasteiger partial charge in [0.25, 0.3) is 16.0 Å². The third kappa shape index (κ3) is 5.29. The van der Waals surface area contributed by atoms with Gasteiger partial charge in [0.1, 0.15) is 11.6 Å². The minimum absolute atomic E-state index is 0.00372. The van der Waals surface area contributed by atoms with Crippen LogP contribution in [-0.4, -0.2) is 49.1 Å². The quantitative estimate of drug-likeness (QED) is 0.470. The van der Waals surface area contributed by atoms with Gasteiger partial charge in [-0.1, -0.05) is 0 Å². The highest BCUT2D eigenvalue weighted by Crippen LogP contribution is 2.16. The van der Waals surface area contributed by atoms with Gasteiger partial charge in [0.15, 0.2) is 0 Å². The number of rotatable bonds is 4. The van der Waals surface area contributed by atoms with Crippen LogP contribution in [0.1, 0.15) is 13.8 Å². The molecule has 1 aliphatic rings. The van der Waals surface area contributed by atoms with Crippen LogP contribution >= 0.6 is 0 Å². The number of amides is 1. The Morgan fingerprint density at radius 3 is 2.36 bits per heavy atom. The maximum Gasteiger partial charge on any atom is 0.294 e. The van der Waals surface area contributed by atoms with E-state index >= 15 is 0 Å². The molecule has 0 saturated carbocycles. The van der Waals surface area contributed by atoms with Crippen LogP contribution in [0.25, 0.3) is 0 Å². The lowest BCUT2D eigenvalue weighted by Gasteiger charge is -2.34. The number of carbonyl (C=O) groups is 1. The lowest BCUT2D eigenvalue weighted by molar-refractivity contribution is -0.112. The van der Waals surface area contributed by atoms with Crippen LogP contribution in [0.2, 0.25) is 0 Å². The highest BCUT2D eigenvalue weighted by molar-refractivity contribution is 7.85. The molecule has 1 fully saturated rings. The molecule has 1 amide bonds. The summed E-state index contributed by atoms with van der Waals surface area (Å²) >= 11 is 0. The summed E-state index contributed by atoms with van der Waals surface area (Å²) in [6.45, 7) is 4.98. The Balaban J connectivity index is 2.10. The highest BCUT2D eigenvalue weighted by Gasteiger charge is 2.21. The van der Waals surface area contributed by atoms with Crippen molar-refractivity contribution in [1.82, 2.24) is 4.90 Å². The van der Waals surface area contributed by atoms with E-state index in [9.17, 15) is 18.5 Å². The average molecular weight is 365 g/mol. The molecule has 0 aliphatic carbocycles. The summed E-state index contributed by atoms with van der Waals surface area (Å²) in [6, 6.07) is 6.84. The number of hydrogen-bond donors (Lipinski definition) is 2. The molecule has 1 aromatic rings. The van der Waals surface area contributed by atoms with Crippen molar-refractivity contribution in [3.8, 4) is 6.07 Å². The van der Waals surface area contributed by atoms with Crippen molar-refractivity contribution in [2.75, 3.05) is 18.4 Å². The molecular weight excluding hydrogens is 346 g/mol. The number of anilines is 1. The maximum atomic E-state index is 12.2. The molecule has 0 aromatic heterocycles. The van der Waals surface area contributed by atoms with Crippen molar-refractivity contribution in [3.63, 3.8) is 0 Å². The number of benzene rings is 1. The minimum Gasteiger partial charge on any atom is -0.372 e. The van der Waals surface area contributed by atoms with Crippen molar-refractivity contribution in [3.05, 3.63) is 36.0 Å². The number of ether oxygens (including phenoxy) is 1. The second-order valence-electron chi connectivity index (χ2n) is 5.82. The van der Waals surface area contributed by atoms with Gasteiger partial charge in [0.2, 0.25) is 0 Å². The van der Waals surface area contributed by atoms with Gasteiger partial charge in [-0.05, 0) is 38.1 Å². The van der Waals surface area contributed by atoms with Crippen molar-refractivity contribution in [2.24, 2.45) is 0 Å². The molecule has 1 aromatic carbocycles. The molecule has 0 radical (unpaired) electrons. The lowest BCUT2D eigenvalue weighted by Crippen LogP contribution is -2.43. The third-order valence-electron chi connectivity index (χ3n) is 3.53. The van der Waals surface area contributed by atoms with Gasteiger partial charge in [-0.25, -0.2) is 0 Å². The molecular formula is C16H19N3O5S. The van der Waals surface area contributed by atoms with E-state index in [1.54, 1.807) is 0 Å². The fraction of sp³-hybridized carbons (Fsp3) is 0.375. The van der Waals surface area contributed by atoms with E-state index in [1.165, 1.54) is 18.3 Å². The zero-order chi connectivity index (χ0) is 18.6. The number of morpholine rings is 1. The minimum atomic E-state index is -4.29. The number of nitriles is 1. The molecule has 9 heteroatoms. The van der Waals surface area contributed by atoms with E-state index < -0.39 is 16.0 Å². The van der Waals surface area contributed by atoms with Gasteiger partial charge in [-0.15, -0.1) is 0 Å². The predicted molar refractivity (Wildman–Crippen MR) is 90.2 cm³/mol. The Labute approximate surface area is 146 Å². The number of nitrogens with one attached hydrogen (secondary N) is 1. The van der Waals surface area contributed by atoms with Crippen LogP contribution in [0.15, 0.2) is 40.9 Å². The van der Waals surface area contributed by atoms with Gasteiger partial charge in [-0.2, -0.15) is 13.7 Å². The molecule has 1 aliphatic heterocycles. The summed E-state index contributed by atoms with van der Waals surface area (Å²) in [6.07, 6.45) is 1.49. The first-order chi connectivity index (χ1) is 11.7. The van der Waals surface area contributed by atoms with Crippen molar-refractivity contribution in [2.45, 2.75) is 31.0 Å². The summed E-state index contributed by atoms with van der Waals surface area (Å²) in [5.74, 6) is -0.603. The van der Waals surface area contributed by atoms with Gasteiger partial charge < -0.3 is 15.0 Å². The first-order valence-electron chi connectivity index (χ1n) is 7.59. The largest absolute Gasteiger partial charge is 0.372 e. The van der Waals surface area contributed by atoms with Gasteiger partial charge in [0, 0.05) is 25.0 Å². The van der Waals surface area contributed by atoms with Gasteiger partial charge in [0.05, 0.1) is 17.1 Å². The summed E-state index contributed by atoms with van der Waals surface area (Å²) < 4.78 is 36.5. The molecule has 2 N–H and O–H groups in total. The summed E-state index contributed by atoms with van der Waals surface area (Å²) in [5, 5.41) is 11.8. The average Bonchev–Trinajstić information content (AvgIpc) is 2.51. The van der Waals surface area contributed by atoms with Gasteiger partial charge >= 0.3 is 0 Å². The second kappa shape index (κ2) is 7.65. The van der Waals surface area contributed by atoms with Crippen LogP contribution in [0.3, 0.4) is 0 Å². The van der Waals surface area contributed by atoms with Crippen molar-refractivity contribution < 1.29 is 22.5 Å². The Kier molecular flexibility index (Phi) is 5.79. The predicted octanol–water partition coefficient (Wildman–Crippen LogP) is 1.39. The summed E-state index contributed by atoms with van der Waals surface area (Å²) in [5.41, 5.74) is 0.238. The van der Waals surface area contributed by atoms with Crippen LogP contribution < -0.4 is 5.32 Å².